The number of carbonyl (C=O) groups excluding carboxylic acids is 1. The van der Waals surface area contributed by atoms with Crippen molar-refractivity contribution < 1.29 is 9.53 Å². The maximum absolute atomic E-state index is 12.0. The number of ether oxygens (including phenoxy) is 1. The highest BCUT2D eigenvalue weighted by atomic mass is 16.5. The summed E-state index contributed by atoms with van der Waals surface area (Å²) in [6.07, 6.45) is 11.9. The number of amides is 1. The Morgan fingerprint density at radius 3 is 2.48 bits per heavy atom. The van der Waals surface area contributed by atoms with E-state index in [0.29, 0.717) is 12.3 Å². The van der Waals surface area contributed by atoms with Crippen molar-refractivity contribution in [2.45, 2.75) is 71.1 Å². The number of anilines is 1. The van der Waals surface area contributed by atoms with Crippen molar-refractivity contribution >= 4 is 11.6 Å². The molecule has 23 heavy (non-hydrogen) atoms. The van der Waals surface area contributed by atoms with E-state index in [1.807, 2.05) is 24.3 Å². The van der Waals surface area contributed by atoms with E-state index in [4.69, 9.17) is 4.74 Å². The van der Waals surface area contributed by atoms with Crippen LogP contribution >= 0.6 is 0 Å². The Morgan fingerprint density at radius 2 is 1.78 bits per heavy atom. The fourth-order valence-corrected chi connectivity index (χ4v) is 3.22. The Morgan fingerprint density at radius 1 is 1.09 bits per heavy atom. The quantitative estimate of drug-likeness (QED) is 0.574. The highest BCUT2D eigenvalue weighted by Gasteiger charge is 2.18. The van der Waals surface area contributed by atoms with Crippen molar-refractivity contribution in [2.75, 3.05) is 11.9 Å². The third-order valence-electron chi connectivity index (χ3n) is 4.60. The van der Waals surface area contributed by atoms with Gasteiger partial charge in [-0.15, -0.1) is 0 Å². The van der Waals surface area contributed by atoms with Crippen LogP contribution in [0.4, 0.5) is 5.69 Å². The number of carbonyl (C=O) groups is 1. The SMILES string of the molecule is CCCCCCCOc1ccc(NC(=O)CC2CCCC2)cc1. The number of unbranched alkanes of at least 4 members (excludes halogenated alkanes) is 4. The van der Waals surface area contributed by atoms with Gasteiger partial charge in [-0.05, 0) is 49.4 Å². The summed E-state index contributed by atoms with van der Waals surface area (Å²) in [5.74, 6) is 1.61. The average molecular weight is 317 g/mol. The lowest BCUT2D eigenvalue weighted by Crippen LogP contribution is -2.15. The zero-order valence-corrected chi connectivity index (χ0v) is 14.5. The number of hydrogen-bond acceptors (Lipinski definition) is 2. The Kier molecular flexibility index (Phi) is 7.99. The molecule has 0 spiro atoms. The van der Waals surface area contributed by atoms with Gasteiger partial charge in [0, 0.05) is 12.1 Å². The Labute approximate surface area is 140 Å². The Balaban J connectivity index is 1.64. The van der Waals surface area contributed by atoms with Crippen molar-refractivity contribution in [1.82, 2.24) is 0 Å². The summed E-state index contributed by atoms with van der Waals surface area (Å²) in [6, 6.07) is 7.74. The minimum atomic E-state index is 0.140. The van der Waals surface area contributed by atoms with Gasteiger partial charge in [0.2, 0.25) is 5.91 Å². The van der Waals surface area contributed by atoms with Crippen LogP contribution in [0, 0.1) is 5.92 Å². The molecule has 1 N–H and O–H groups in total. The zero-order chi connectivity index (χ0) is 16.3. The molecule has 128 valence electrons. The lowest BCUT2D eigenvalue weighted by atomic mass is 10.0. The van der Waals surface area contributed by atoms with Crippen LogP contribution in [0.15, 0.2) is 24.3 Å². The van der Waals surface area contributed by atoms with Crippen LogP contribution < -0.4 is 10.1 Å². The molecule has 2 rings (SSSR count). The van der Waals surface area contributed by atoms with E-state index in [0.717, 1.165) is 24.5 Å². The number of benzene rings is 1. The van der Waals surface area contributed by atoms with E-state index in [1.54, 1.807) is 0 Å². The zero-order valence-electron chi connectivity index (χ0n) is 14.5. The van der Waals surface area contributed by atoms with Crippen LogP contribution in [0.5, 0.6) is 5.75 Å². The van der Waals surface area contributed by atoms with E-state index in [-0.39, 0.29) is 5.91 Å². The second-order valence-corrected chi connectivity index (χ2v) is 6.69. The predicted octanol–water partition coefficient (Wildman–Crippen LogP) is 5.55. The number of nitrogens with one attached hydrogen (secondary N) is 1. The van der Waals surface area contributed by atoms with Gasteiger partial charge in [-0.2, -0.15) is 0 Å². The van der Waals surface area contributed by atoms with Crippen LogP contribution in [0.25, 0.3) is 0 Å². The summed E-state index contributed by atoms with van der Waals surface area (Å²) >= 11 is 0. The molecular weight excluding hydrogens is 286 g/mol. The summed E-state index contributed by atoms with van der Waals surface area (Å²) in [5, 5.41) is 2.99. The van der Waals surface area contributed by atoms with Crippen molar-refractivity contribution in [3.63, 3.8) is 0 Å². The maximum atomic E-state index is 12.0. The van der Waals surface area contributed by atoms with E-state index in [1.165, 1.54) is 51.4 Å². The second kappa shape index (κ2) is 10.3. The minimum Gasteiger partial charge on any atom is -0.494 e. The standard InChI is InChI=1S/C20H31NO2/c1-2-3-4-5-8-15-23-19-13-11-18(12-14-19)21-20(22)16-17-9-6-7-10-17/h11-14,17H,2-10,15-16H2,1H3,(H,21,22). The topological polar surface area (TPSA) is 38.3 Å². The normalized spacial score (nSPS) is 14.8. The minimum absolute atomic E-state index is 0.140. The molecule has 0 unspecified atom stereocenters. The molecule has 1 amide bonds. The molecule has 1 aliphatic carbocycles. The monoisotopic (exact) mass is 317 g/mol. The molecular formula is C20H31NO2. The van der Waals surface area contributed by atoms with Gasteiger partial charge in [0.15, 0.2) is 0 Å². The summed E-state index contributed by atoms with van der Waals surface area (Å²) in [7, 11) is 0. The fourth-order valence-electron chi connectivity index (χ4n) is 3.22. The number of hydrogen-bond donors (Lipinski definition) is 1. The highest BCUT2D eigenvalue weighted by Crippen LogP contribution is 2.28. The molecule has 1 aliphatic rings. The Bertz CT molecular complexity index is 449. The first kappa shape index (κ1) is 17.8. The van der Waals surface area contributed by atoms with Crippen molar-refractivity contribution in [2.24, 2.45) is 5.92 Å². The van der Waals surface area contributed by atoms with E-state index < -0.39 is 0 Å². The summed E-state index contributed by atoms with van der Waals surface area (Å²) in [5.41, 5.74) is 0.864. The third-order valence-corrected chi connectivity index (χ3v) is 4.60. The molecule has 3 heteroatoms. The van der Waals surface area contributed by atoms with Gasteiger partial charge >= 0.3 is 0 Å². The molecule has 1 aromatic rings. The molecule has 0 atom stereocenters. The van der Waals surface area contributed by atoms with Gasteiger partial charge in [0.05, 0.1) is 6.61 Å². The van der Waals surface area contributed by atoms with Gasteiger partial charge in [0.1, 0.15) is 5.75 Å². The van der Waals surface area contributed by atoms with E-state index in [9.17, 15) is 4.79 Å². The first-order valence-corrected chi connectivity index (χ1v) is 9.30. The lowest BCUT2D eigenvalue weighted by molar-refractivity contribution is -0.117. The van der Waals surface area contributed by atoms with Crippen molar-refractivity contribution in [1.29, 1.82) is 0 Å². The number of rotatable bonds is 10. The molecule has 0 aromatic heterocycles. The maximum Gasteiger partial charge on any atom is 0.224 e. The molecule has 0 heterocycles. The summed E-state index contributed by atoms with van der Waals surface area (Å²) in [6.45, 7) is 3.00. The van der Waals surface area contributed by atoms with Crippen molar-refractivity contribution in [3.05, 3.63) is 24.3 Å². The van der Waals surface area contributed by atoms with Gasteiger partial charge in [0.25, 0.3) is 0 Å². The van der Waals surface area contributed by atoms with Crippen LogP contribution in [0.3, 0.4) is 0 Å². The van der Waals surface area contributed by atoms with Crippen LogP contribution in [-0.2, 0) is 4.79 Å². The van der Waals surface area contributed by atoms with Gasteiger partial charge in [-0.3, -0.25) is 4.79 Å². The van der Waals surface area contributed by atoms with Crippen molar-refractivity contribution in [3.8, 4) is 5.75 Å². The summed E-state index contributed by atoms with van der Waals surface area (Å²) < 4.78 is 5.74. The predicted molar refractivity (Wildman–Crippen MR) is 95.9 cm³/mol. The Hall–Kier alpha value is -1.51. The summed E-state index contributed by atoms with van der Waals surface area (Å²) in [4.78, 5) is 12.0. The molecule has 0 aliphatic heterocycles. The molecule has 1 saturated carbocycles. The van der Waals surface area contributed by atoms with Crippen LogP contribution in [0.1, 0.15) is 71.1 Å². The van der Waals surface area contributed by atoms with Gasteiger partial charge in [-0.25, -0.2) is 0 Å². The van der Waals surface area contributed by atoms with Crippen LogP contribution in [0.2, 0.25) is 0 Å². The molecule has 1 aromatic carbocycles. The second-order valence-electron chi connectivity index (χ2n) is 6.69. The smallest absolute Gasteiger partial charge is 0.224 e. The molecule has 0 saturated heterocycles. The first-order valence-electron chi connectivity index (χ1n) is 9.30. The molecule has 1 fully saturated rings. The van der Waals surface area contributed by atoms with Crippen LogP contribution in [-0.4, -0.2) is 12.5 Å². The molecule has 3 nitrogen and oxygen atoms in total. The average Bonchev–Trinajstić information content (AvgIpc) is 3.05. The largest absolute Gasteiger partial charge is 0.494 e. The molecule has 0 radical (unpaired) electrons. The highest BCUT2D eigenvalue weighted by molar-refractivity contribution is 5.90. The first-order chi connectivity index (χ1) is 11.3. The van der Waals surface area contributed by atoms with Gasteiger partial charge < -0.3 is 10.1 Å². The van der Waals surface area contributed by atoms with E-state index in [2.05, 4.69) is 12.2 Å². The van der Waals surface area contributed by atoms with E-state index >= 15 is 0 Å². The molecule has 0 bridgehead atoms. The third kappa shape index (κ3) is 7.06. The van der Waals surface area contributed by atoms with Gasteiger partial charge in [-0.1, -0.05) is 45.4 Å². The fraction of sp³-hybridized carbons (Fsp3) is 0.650. The lowest BCUT2D eigenvalue weighted by Gasteiger charge is -2.10.